The van der Waals surface area contributed by atoms with Crippen LogP contribution in [0.5, 0.6) is 0 Å². The monoisotopic (exact) mass is 158 g/mol. The van der Waals surface area contributed by atoms with E-state index in [1.54, 1.807) is 12.1 Å². The molecule has 3 N–H and O–H groups in total. The van der Waals surface area contributed by atoms with Crippen molar-refractivity contribution in [3.8, 4) is 12.1 Å². The molecule has 1 aromatic rings. The maximum Gasteiger partial charge on any atom is 0.101 e. The summed E-state index contributed by atoms with van der Waals surface area (Å²) in [5, 5.41) is 17.1. The highest BCUT2D eigenvalue weighted by atomic mass is 15.2. The third-order valence-corrected chi connectivity index (χ3v) is 1.42. The highest BCUT2D eigenvalue weighted by Crippen LogP contribution is 2.14. The summed E-state index contributed by atoms with van der Waals surface area (Å²) in [5.74, 6) is 5.14. The topological polar surface area (TPSA) is 85.6 Å². The number of rotatable bonds is 1. The molecule has 0 saturated heterocycles. The van der Waals surface area contributed by atoms with Gasteiger partial charge in [0.05, 0.1) is 22.9 Å². The van der Waals surface area contributed by atoms with Crippen LogP contribution in [0.2, 0.25) is 0 Å². The lowest BCUT2D eigenvalue weighted by Gasteiger charge is -2.01. The predicted octanol–water partition coefficient (Wildman–Crippen LogP) is 0.716. The van der Waals surface area contributed by atoms with Gasteiger partial charge in [-0.1, -0.05) is 0 Å². The molecule has 4 heteroatoms. The lowest BCUT2D eigenvalue weighted by Crippen LogP contribution is -2.08. The maximum absolute atomic E-state index is 8.58. The summed E-state index contributed by atoms with van der Waals surface area (Å²) >= 11 is 0. The second-order valence-electron chi connectivity index (χ2n) is 2.13. The number of anilines is 1. The van der Waals surface area contributed by atoms with E-state index in [0.29, 0.717) is 16.8 Å². The number of nitriles is 2. The normalized spacial score (nSPS) is 8.25. The molecular formula is C8H6N4. The molecule has 0 aliphatic rings. The Morgan fingerprint density at radius 2 is 2.00 bits per heavy atom. The number of nitrogens with zero attached hydrogens (tertiary/aromatic N) is 2. The van der Waals surface area contributed by atoms with Crippen LogP contribution in [0.25, 0.3) is 0 Å². The van der Waals surface area contributed by atoms with Gasteiger partial charge in [-0.25, -0.2) is 0 Å². The quantitative estimate of drug-likeness (QED) is 0.465. The molecule has 0 fully saturated rings. The van der Waals surface area contributed by atoms with E-state index in [-0.39, 0.29) is 0 Å². The summed E-state index contributed by atoms with van der Waals surface area (Å²) < 4.78 is 0. The molecule has 4 nitrogen and oxygen atoms in total. The fourth-order valence-electron chi connectivity index (χ4n) is 0.831. The number of nitrogens with two attached hydrogens (primary N) is 1. The summed E-state index contributed by atoms with van der Waals surface area (Å²) in [7, 11) is 0. The lowest BCUT2D eigenvalue weighted by molar-refractivity contribution is 1.33. The molecular weight excluding hydrogens is 152 g/mol. The summed E-state index contributed by atoms with van der Waals surface area (Å²) in [6, 6.07) is 8.54. The Balaban J connectivity index is 3.24. The second kappa shape index (κ2) is 3.38. The van der Waals surface area contributed by atoms with Crippen LogP contribution in [0.15, 0.2) is 18.2 Å². The van der Waals surface area contributed by atoms with Crippen LogP contribution in [0.4, 0.5) is 5.69 Å². The van der Waals surface area contributed by atoms with Crippen molar-refractivity contribution in [3.05, 3.63) is 29.3 Å². The Kier molecular flexibility index (Phi) is 2.27. The smallest absolute Gasteiger partial charge is 0.101 e. The van der Waals surface area contributed by atoms with Crippen LogP contribution in [0.3, 0.4) is 0 Å². The molecule has 0 saturated carbocycles. The van der Waals surface area contributed by atoms with Gasteiger partial charge in [-0.15, -0.1) is 0 Å². The van der Waals surface area contributed by atoms with Crippen molar-refractivity contribution < 1.29 is 0 Å². The van der Waals surface area contributed by atoms with E-state index in [9.17, 15) is 0 Å². The molecule has 1 rings (SSSR count). The molecule has 1 aromatic carbocycles. The van der Waals surface area contributed by atoms with Gasteiger partial charge in [0.1, 0.15) is 6.07 Å². The first-order valence-electron chi connectivity index (χ1n) is 3.22. The summed E-state index contributed by atoms with van der Waals surface area (Å²) in [6.07, 6.45) is 0. The Bertz CT molecular complexity index is 370. The minimum atomic E-state index is 0.427. The molecule has 12 heavy (non-hydrogen) atoms. The first-order valence-corrected chi connectivity index (χ1v) is 3.22. The van der Waals surface area contributed by atoms with E-state index in [4.69, 9.17) is 16.4 Å². The number of hydrogen-bond acceptors (Lipinski definition) is 4. The van der Waals surface area contributed by atoms with E-state index in [0.717, 1.165) is 0 Å². The molecule has 0 aliphatic heterocycles. The molecule has 0 spiro atoms. The van der Waals surface area contributed by atoms with Crippen LogP contribution < -0.4 is 11.3 Å². The summed E-state index contributed by atoms with van der Waals surface area (Å²) in [4.78, 5) is 0. The molecule has 0 unspecified atom stereocenters. The molecule has 0 heterocycles. The van der Waals surface area contributed by atoms with Crippen molar-refractivity contribution in [3.63, 3.8) is 0 Å². The Morgan fingerprint density at radius 1 is 1.25 bits per heavy atom. The third kappa shape index (κ3) is 1.34. The average Bonchev–Trinajstić information content (AvgIpc) is 2.16. The van der Waals surface area contributed by atoms with Crippen molar-refractivity contribution in [1.29, 1.82) is 10.5 Å². The zero-order chi connectivity index (χ0) is 8.97. The lowest BCUT2D eigenvalue weighted by atomic mass is 10.1. The SMILES string of the molecule is N#Cc1ccc(C#N)c(NN)c1. The van der Waals surface area contributed by atoms with Crippen LogP contribution in [0, 0.1) is 22.7 Å². The summed E-state index contributed by atoms with van der Waals surface area (Å²) in [6.45, 7) is 0. The van der Waals surface area contributed by atoms with E-state index in [1.165, 1.54) is 6.07 Å². The third-order valence-electron chi connectivity index (χ3n) is 1.42. The highest BCUT2D eigenvalue weighted by Gasteiger charge is 2.00. The highest BCUT2D eigenvalue weighted by molar-refractivity contribution is 5.59. The van der Waals surface area contributed by atoms with Crippen LogP contribution >= 0.6 is 0 Å². The largest absolute Gasteiger partial charge is 0.323 e. The Morgan fingerprint density at radius 3 is 2.50 bits per heavy atom. The Hall–Kier alpha value is -2.04. The zero-order valence-electron chi connectivity index (χ0n) is 6.20. The van der Waals surface area contributed by atoms with E-state index in [1.807, 2.05) is 12.1 Å². The van der Waals surface area contributed by atoms with Crippen LogP contribution in [-0.2, 0) is 0 Å². The number of hydrogen-bond donors (Lipinski definition) is 2. The number of nitrogen functional groups attached to an aromatic ring is 1. The molecule has 0 aromatic heterocycles. The fourth-order valence-corrected chi connectivity index (χ4v) is 0.831. The van der Waals surface area contributed by atoms with Crippen molar-refractivity contribution in [2.45, 2.75) is 0 Å². The zero-order valence-corrected chi connectivity index (χ0v) is 6.20. The number of benzene rings is 1. The molecule has 0 atom stereocenters. The van der Waals surface area contributed by atoms with Gasteiger partial charge in [0, 0.05) is 0 Å². The van der Waals surface area contributed by atoms with Crippen molar-refractivity contribution in [1.82, 2.24) is 0 Å². The molecule has 0 bridgehead atoms. The van der Waals surface area contributed by atoms with Gasteiger partial charge in [-0.05, 0) is 18.2 Å². The fraction of sp³-hybridized carbons (Fsp3) is 0. The van der Waals surface area contributed by atoms with Gasteiger partial charge in [0.15, 0.2) is 0 Å². The van der Waals surface area contributed by atoms with Crippen molar-refractivity contribution in [2.24, 2.45) is 5.84 Å². The standard InChI is InChI=1S/C8H6N4/c9-4-6-1-2-7(5-10)8(3-6)12-11/h1-3,12H,11H2. The van der Waals surface area contributed by atoms with Gasteiger partial charge in [0.2, 0.25) is 0 Å². The minimum Gasteiger partial charge on any atom is -0.323 e. The van der Waals surface area contributed by atoms with Gasteiger partial charge < -0.3 is 5.43 Å². The second-order valence-corrected chi connectivity index (χ2v) is 2.13. The molecule has 0 aliphatic carbocycles. The minimum absolute atomic E-state index is 0.427. The molecule has 0 amide bonds. The van der Waals surface area contributed by atoms with Gasteiger partial charge in [0.25, 0.3) is 0 Å². The first kappa shape index (κ1) is 8.06. The first-order chi connectivity index (χ1) is 5.81. The molecule has 58 valence electrons. The average molecular weight is 158 g/mol. The number of nitrogens with one attached hydrogen (secondary N) is 1. The van der Waals surface area contributed by atoms with E-state index >= 15 is 0 Å². The van der Waals surface area contributed by atoms with Gasteiger partial charge >= 0.3 is 0 Å². The summed E-state index contributed by atoms with van der Waals surface area (Å²) in [5.41, 5.74) is 3.72. The van der Waals surface area contributed by atoms with Crippen LogP contribution in [-0.4, -0.2) is 0 Å². The van der Waals surface area contributed by atoms with Gasteiger partial charge in [-0.2, -0.15) is 10.5 Å². The van der Waals surface area contributed by atoms with E-state index < -0.39 is 0 Å². The van der Waals surface area contributed by atoms with Gasteiger partial charge in [-0.3, -0.25) is 5.84 Å². The molecule has 0 radical (unpaired) electrons. The van der Waals surface area contributed by atoms with Crippen LogP contribution in [0.1, 0.15) is 11.1 Å². The van der Waals surface area contributed by atoms with Crippen molar-refractivity contribution >= 4 is 5.69 Å². The van der Waals surface area contributed by atoms with Crippen molar-refractivity contribution in [2.75, 3.05) is 5.43 Å². The predicted molar refractivity (Wildman–Crippen MR) is 43.7 cm³/mol. The maximum atomic E-state index is 8.58. The number of hydrazine groups is 1. The van der Waals surface area contributed by atoms with E-state index in [2.05, 4.69) is 5.43 Å². The Labute approximate surface area is 69.8 Å².